The third-order valence-corrected chi connectivity index (χ3v) is 13.1. The van der Waals surface area contributed by atoms with Crippen molar-refractivity contribution in [1.82, 2.24) is 9.97 Å². The van der Waals surface area contributed by atoms with Crippen LogP contribution in [-0.4, -0.2) is 43.5 Å². The molecule has 6 aromatic rings. The zero-order valence-corrected chi connectivity index (χ0v) is 39.0. The second-order valence-corrected chi connectivity index (χ2v) is 18.0. The Balaban J connectivity index is 0.000000225. The maximum absolute atomic E-state index is 13.4. The highest BCUT2D eigenvalue weighted by Crippen LogP contribution is 2.45. The molecule has 0 saturated heterocycles. The molecule has 0 radical (unpaired) electrons. The highest BCUT2D eigenvalue weighted by atomic mass is 35.5. The summed E-state index contributed by atoms with van der Waals surface area (Å²) in [5, 5.41) is 3.35. The molecule has 0 aliphatic heterocycles. The van der Waals surface area contributed by atoms with E-state index in [1.807, 2.05) is 56.2 Å². The molecule has 0 saturated carbocycles. The Bertz CT molecular complexity index is 2400. The number of anilines is 4. The summed E-state index contributed by atoms with van der Waals surface area (Å²) in [6.07, 6.45) is -0.816. The summed E-state index contributed by atoms with van der Waals surface area (Å²) in [7, 11) is 3.27. The number of benzene rings is 4. The molecule has 0 amide bonds. The van der Waals surface area contributed by atoms with Crippen LogP contribution in [0.3, 0.4) is 0 Å². The quantitative estimate of drug-likeness (QED) is 0.107. The van der Waals surface area contributed by atoms with Crippen LogP contribution in [0.1, 0.15) is 53.1 Å². The maximum atomic E-state index is 13.4. The van der Waals surface area contributed by atoms with E-state index < -0.39 is 11.7 Å². The van der Waals surface area contributed by atoms with Crippen molar-refractivity contribution in [3.8, 4) is 34.0 Å². The summed E-state index contributed by atoms with van der Waals surface area (Å²) in [6, 6.07) is 19.2. The van der Waals surface area contributed by atoms with Crippen molar-refractivity contribution in [2.24, 2.45) is 0 Å². The smallest absolute Gasteiger partial charge is 0.416 e. The van der Waals surface area contributed by atoms with Crippen molar-refractivity contribution < 1.29 is 22.6 Å². The first kappa shape index (κ1) is 46.4. The van der Waals surface area contributed by atoms with E-state index in [2.05, 4.69) is 37.8 Å². The molecule has 0 spiro atoms. The Kier molecular flexibility index (Phi) is 16.0. The van der Waals surface area contributed by atoms with Gasteiger partial charge in [0.05, 0.1) is 52.6 Å². The minimum absolute atomic E-state index is 0.505. The van der Waals surface area contributed by atoms with E-state index in [-0.39, 0.29) is 0 Å². The van der Waals surface area contributed by atoms with Crippen molar-refractivity contribution >= 4 is 90.9 Å². The van der Waals surface area contributed by atoms with Gasteiger partial charge in [0.25, 0.3) is 0 Å². The van der Waals surface area contributed by atoms with Gasteiger partial charge < -0.3 is 19.3 Å². The van der Waals surface area contributed by atoms with E-state index in [4.69, 9.17) is 54.2 Å². The Morgan fingerprint density at radius 3 is 1.81 bits per heavy atom. The largest absolute Gasteiger partial charge is 0.497 e. The summed E-state index contributed by atoms with van der Waals surface area (Å²) >= 11 is 23.7. The van der Waals surface area contributed by atoms with Gasteiger partial charge in [0, 0.05) is 43.9 Å². The van der Waals surface area contributed by atoms with Crippen molar-refractivity contribution in [2.75, 3.05) is 43.4 Å². The maximum Gasteiger partial charge on any atom is 0.416 e. The zero-order valence-electron chi connectivity index (χ0n) is 34.3. The van der Waals surface area contributed by atoms with Gasteiger partial charge in [-0.2, -0.15) is 13.2 Å². The number of nitrogens with zero attached hydrogens (tertiary/aromatic N) is 4. The number of halogens is 6. The zero-order chi connectivity index (χ0) is 43.2. The molecule has 4 aromatic carbocycles. The molecule has 6 rings (SSSR count). The number of methoxy groups -OCH3 is 2. The van der Waals surface area contributed by atoms with E-state index >= 15 is 0 Å². The van der Waals surface area contributed by atoms with E-state index in [0.717, 1.165) is 79.1 Å². The minimum atomic E-state index is -4.41. The fourth-order valence-corrected chi connectivity index (χ4v) is 9.56. The monoisotopic (exact) mass is 920 g/mol. The Hall–Kier alpha value is -3.65. The highest BCUT2D eigenvalue weighted by Gasteiger charge is 2.32. The summed E-state index contributed by atoms with van der Waals surface area (Å²) in [6.45, 7) is 13.6. The number of thioether (sulfide) groups is 1. The van der Waals surface area contributed by atoms with Crippen LogP contribution in [0.4, 0.5) is 34.8 Å². The second-order valence-electron chi connectivity index (χ2n) is 13.6. The van der Waals surface area contributed by atoms with Gasteiger partial charge in [0.2, 0.25) is 0 Å². The standard InChI is InChI=1S/C22H24Cl2N2OS.C22H22ClF3N2OS2/c1-6-9-26(19-10-13(2)7-8-20(19)27-5)22-25-21(15(4)28-22)16-11-14(3)17(23)12-18(16)24;1-5-10-28(18-11-14(22(24,25)26)6-9-19(18)30-4)21-27-20(13(2)31-21)16-8-7-15(29-3)12-17(16)23/h7-8,10-12H,6,9H2,1-5H3;6-9,11-12H,5,10H2,1-4H3. The van der Waals surface area contributed by atoms with E-state index in [1.54, 1.807) is 37.7 Å². The number of aryl methyl sites for hydroxylation is 4. The van der Waals surface area contributed by atoms with Crippen LogP contribution in [0.5, 0.6) is 11.5 Å². The first-order chi connectivity index (χ1) is 28.0. The first-order valence-electron chi connectivity index (χ1n) is 18.7. The van der Waals surface area contributed by atoms with Crippen molar-refractivity contribution in [1.29, 1.82) is 0 Å². The molecule has 15 heteroatoms. The van der Waals surface area contributed by atoms with Gasteiger partial charge >= 0.3 is 6.18 Å². The Morgan fingerprint density at radius 1 is 0.678 bits per heavy atom. The van der Waals surface area contributed by atoms with Crippen molar-refractivity contribution in [3.63, 3.8) is 0 Å². The summed E-state index contributed by atoms with van der Waals surface area (Å²) in [5.74, 6) is 1.48. The molecule has 0 atom stereocenters. The van der Waals surface area contributed by atoms with Crippen LogP contribution >= 0.6 is 69.2 Å². The fourth-order valence-electron chi connectivity index (χ4n) is 6.32. The number of rotatable bonds is 13. The number of hydrogen-bond donors (Lipinski definition) is 0. The highest BCUT2D eigenvalue weighted by molar-refractivity contribution is 7.98. The summed E-state index contributed by atoms with van der Waals surface area (Å²) in [5.41, 5.74) is 6.32. The normalized spacial score (nSPS) is 11.3. The molecule has 0 N–H and O–H groups in total. The third kappa shape index (κ3) is 10.8. The molecule has 0 unspecified atom stereocenters. The van der Waals surface area contributed by atoms with Crippen LogP contribution in [0.25, 0.3) is 22.5 Å². The van der Waals surface area contributed by atoms with E-state index in [0.29, 0.717) is 43.9 Å². The SMILES string of the molecule is CCCN(c1nc(-c2cc(C)c(Cl)cc2Cl)c(C)s1)c1cc(C)ccc1OC.CCCN(c1nc(-c2ccc(OC)cc2Cl)c(C)s1)c1cc(C(F)(F)F)ccc1SC. The van der Waals surface area contributed by atoms with E-state index in [1.165, 1.54) is 40.8 Å². The van der Waals surface area contributed by atoms with E-state index in [9.17, 15) is 13.2 Å². The van der Waals surface area contributed by atoms with Crippen LogP contribution in [0.15, 0.2) is 71.6 Å². The Labute approximate surface area is 372 Å². The van der Waals surface area contributed by atoms with Gasteiger partial charge in [-0.3, -0.25) is 0 Å². The number of alkyl halides is 3. The lowest BCUT2D eigenvalue weighted by molar-refractivity contribution is -0.137. The molecular formula is C44H46Cl3F3N4O2S3. The molecule has 0 fully saturated rings. The molecule has 0 aliphatic rings. The lowest BCUT2D eigenvalue weighted by Gasteiger charge is -2.25. The van der Waals surface area contributed by atoms with Gasteiger partial charge in [-0.15, -0.1) is 34.4 Å². The molecule has 314 valence electrons. The van der Waals surface area contributed by atoms with Gasteiger partial charge in [-0.25, -0.2) is 9.97 Å². The number of hydrogen-bond acceptors (Lipinski definition) is 9. The first-order valence-corrected chi connectivity index (χ1v) is 22.7. The van der Waals surface area contributed by atoms with Crippen LogP contribution in [0, 0.1) is 27.7 Å². The molecule has 0 bridgehead atoms. The molecular weight excluding hydrogens is 876 g/mol. The summed E-state index contributed by atoms with van der Waals surface area (Å²) in [4.78, 5) is 16.7. The fraction of sp³-hybridized carbons (Fsp3) is 0.318. The van der Waals surface area contributed by atoms with Crippen molar-refractivity contribution in [3.05, 3.63) is 108 Å². The third-order valence-electron chi connectivity index (χ3n) is 9.28. The molecule has 2 heterocycles. The average Bonchev–Trinajstić information content (AvgIpc) is 3.78. The lowest BCUT2D eigenvalue weighted by atomic mass is 10.1. The summed E-state index contributed by atoms with van der Waals surface area (Å²) < 4.78 is 51.0. The topological polar surface area (TPSA) is 50.7 Å². The molecule has 59 heavy (non-hydrogen) atoms. The molecule has 2 aromatic heterocycles. The van der Waals surface area contributed by atoms with Crippen LogP contribution in [0.2, 0.25) is 15.1 Å². The molecule has 0 aliphatic carbocycles. The predicted molar refractivity (Wildman–Crippen MR) is 246 cm³/mol. The average molecular weight is 922 g/mol. The minimum Gasteiger partial charge on any atom is -0.497 e. The predicted octanol–water partition coefficient (Wildman–Crippen LogP) is 15.7. The number of thiazole rings is 2. The number of aromatic nitrogens is 2. The van der Waals surface area contributed by atoms with Crippen LogP contribution < -0.4 is 19.3 Å². The van der Waals surface area contributed by atoms with Gasteiger partial charge in [0.15, 0.2) is 10.3 Å². The Morgan fingerprint density at radius 2 is 1.27 bits per heavy atom. The van der Waals surface area contributed by atoms with Gasteiger partial charge in [-0.05, 0) is 119 Å². The van der Waals surface area contributed by atoms with Gasteiger partial charge in [0.1, 0.15) is 11.5 Å². The van der Waals surface area contributed by atoms with Crippen LogP contribution in [-0.2, 0) is 6.18 Å². The molecule has 6 nitrogen and oxygen atoms in total. The van der Waals surface area contributed by atoms with Gasteiger partial charge in [-0.1, -0.05) is 54.7 Å². The lowest BCUT2D eigenvalue weighted by Crippen LogP contribution is -2.19. The van der Waals surface area contributed by atoms with Crippen molar-refractivity contribution in [2.45, 2.75) is 65.5 Å². The second kappa shape index (κ2) is 20.3. The number of ether oxygens (including phenoxy) is 2.